The molecule has 0 aliphatic carbocycles. The first-order valence-corrected chi connectivity index (χ1v) is 7.20. The minimum Gasteiger partial charge on any atom is -0.328 e. The molecule has 2 aromatic heterocycles. The molecule has 128 valence electrons. The van der Waals surface area contributed by atoms with Crippen LogP contribution in [-0.2, 0) is 26.4 Å². The van der Waals surface area contributed by atoms with E-state index in [2.05, 4.69) is 5.10 Å². The SMILES string of the molecule is Cc1c2c(n(C)c(=O)c1C)CN(C(=O)c1cnn(C(F)(F)F)c1)C2. The Balaban J connectivity index is 1.92. The maximum atomic E-state index is 12.6. The van der Waals surface area contributed by atoms with E-state index in [1.807, 2.05) is 6.92 Å². The molecule has 2 aromatic rings. The number of hydrogen-bond donors (Lipinski definition) is 0. The summed E-state index contributed by atoms with van der Waals surface area (Å²) < 4.78 is 39.1. The summed E-state index contributed by atoms with van der Waals surface area (Å²) in [5, 5.41) is 3.18. The van der Waals surface area contributed by atoms with Crippen molar-refractivity contribution in [2.75, 3.05) is 0 Å². The Kier molecular flexibility index (Phi) is 3.54. The van der Waals surface area contributed by atoms with Gasteiger partial charge in [-0.2, -0.15) is 9.78 Å². The van der Waals surface area contributed by atoms with Crippen LogP contribution in [0.2, 0.25) is 0 Å². The number of alkyl halides is 3. The highest BCUT2D eigenvalue weighted by atomic mass is 19.4. The molecule has 1 aliphatic heterocycles. The van der Waals surface area contributed by atoms with Gasteiger partial charge in [0.2, 0.25) is 0 Å². The lowest BCUT2D eigenvalue weighted by atomic mass is 10.0. The summed E-state index contributed by atoms with van der Waals surface area (Å²) in [6.07, 6.45) is -3.09. The van der Waals surface area contributed by atoms with Gasteiger partial charge < -0.3 is 9.47 Å². The molecule has 0 saturated heterocycles. The predicted octanol–water partition coefficient (Wildman–Crippen LogP) is 1.83. The van der Waals surface area contributed by atoms with Gasteiger partial charge in [-0.05, 0) is 25.0 Å². The van der Waals surface area contributed by atoms with Crippen molar-refractivity contribution in [3.8, 4) is 0 Å². The van der Waals surface area contributed by atoms with Crippen molar-refractivity contribution in [2.24, 2.45) is 7.05 Å². The molecule has 9 heteroatoms. The smallest absolute Gasteiger partial charge is 0.328 e. The highest BCUT2D eigenvalue weighted by Crippen LogP contribution is 2.27. The molecule has 0 fully saturated rings. The molecule has 0 aromatic carbocycles. The van der Waals surface area contributed by atoms with Crippen LogP contribution in [0.4, 0.5) is 13.2 Å². The van der Waals surface area contributed by atoms with Gasteiger partial charge >= 0.3 is 6.30 Å². The standard InChI is InChI=1S/C15H15F3N4O2/c1-8-9(2)13(23)20(3)12-7-21(6-11(8)12)14(24)10-4-19-22(5-10)15(16,17)18/h4-5H,6-7H2,1-3H3. The largest absolute Gasteiger partial charge is 0.504 e. The zero-order valence-corrected chi connectivity index (χ0v) is 13.3. The van der Waals surface area contributed by atoms with Crippen molar-refractivity contribution in [3.05, 3.63) is 50.7 Å². The van der Waals surface area contributed by atoms with Gasteiger partial charge in [-0.3, -0.25) is 9.59 Å². The van der Waals surface area contributed by atoms with Crippen LogP contribution in [0.25, 0.3) is 0 Å². The number of aromatic nitrogens is 3. The molecule has 0 bridgehead atoms. The van der Waals surface area contributed by atoms with Crippen molar-refractivity contribution in [1.29, 1.82) is 0 Å². The van der Waals surface area contributed by atoms with Crippen LogP contribution < -0.4 is 5.56 Å². The number of hydrogen-bond acceptors (Lipinski definition) is 3. The average Bonchev–Trinajstić information content (AvgIpc) is 3.16. The fraction of sp³-hybridized carbons (Fsp3) is 0.400. The van der Waals surface area contributed by atoms with Crippen molar-refractivity contribution in [3.63, 3.8) is 0 Å². The molecule has 1 aliphatic rings. The van der Waals surface area contributed by atoms with E-state index in [4.69, 9.17) is 0 Å². The Bertz CT molecular complexity index is 895. The third-order valence-corrected chi connectivity index (χ3v) is 4.46. The molecule has 0 spiro atoms. The summed E-state index contributed by atoms with van der Waals surface area (Å²) >= 11 is 0. The second kappa shape index (κ2) is 5.22. The minimum atomic E-state index is -4.66. The fourth-order valence-corrected chi connectivity index (χ4v) is 2.92. The first-order valence-electron chi connectivity index (χ1n) is 7.20. The summed E-state index contributed by atoms with van der Waals surface area (Å²) in [5.41, 5.74) is 2.72. The van der Waals surface area contributed by atoms with Crippen LogP contribution in [0.15, 0.2) is 17.2 Å². The second-order valence-electron chi connectivity index (χ2n) is 5.84. The van der Waals surface area contributed by atoms with Gasteiger partial charge in [-0.15, -0.1) is 13.2 Å². The molecular formula is C15H15F3N4O2. The normalized spacial score (nSPS) is 14.2. The first kappa shape index (κ1) is 16.3. The molecule has 0 N–H and O–H groups in total. The molecular weight excluding hydrogens is 325 g/mol. The molecule has 0 radical (unpaired) electrons. The van der Waals surface area contributed by atoms with Gasteiger partial charge in [0.25, 0.3) is 11.5 Å². The topological polar surface area (TPSA) is 60.1 Å². The number of carbonyl (C=O) groups is 1. The molecule has 1 amide bonds. The molecule has 3 rings (SSSR count). The summed E-state index contributed by atoms with van der Waals surface area (Å²) in [4.78, 5) is 26.0. The van der Waals surface area contributed by atoms with Gasteiger partial charge in [-0.25, -0.2) is 0 Å². The van der Waals surface area contributed by atoms with Crippen molar-refractivity contribution in [2.45, 2.75) is 33.2 Å². The molecule has 0 atom stereocenters. The second-order valence-corrected chi connectivity index (χ2v) is 5.84. The Morgan fingerprint density at radius 2 is 1.88 bits per heavy atom. The third-order valence-electron chi connectivity index (χ3n) is 4.46. The minimum absolute atomic E-state index is 0.134. The number of halogens is 3. The molecule has 24 heavy (non-hydrogen) atoms. The van der Waals surface area contributed by atoms with Crippen LogP contribution >= 0.6 is 0 Å². The lowest BCUT2D eigenvalue weighted by molar-refractivity contribution is -0.212. The quantitative estimate of drug-likeness (QED) is 0.796. The number of fused-ring (bicyclic) bond motifs is 1. The number of nitrogens with zero attached hydrogens (tertiary/aromatic N) is 4. The number of carbonyl (C=O) groups excluding carboxylic acids is 1. The van der Waals surface area contributed by atoms with Crippen molar-refractivity contribution in [1.82, 2.24) is 19.2 Å². The highest BCUT2D eigenvalue weighted by Gasteiger charge is 2.34. The maximum absolute atomic E-state index is 12.6. The summed E-state index contributed by atoms with van der Waals surface area (Å²) in [7, 11) is 1.63. The molecule has 0 unspecified atom stereocenters. The van der Waals surface area contributed by atoms with Crippen LogP contribution in [0.1, 0.15) is 32.7 Å². The number of amides is 1. The van der Waals surface area contributed by atoms with E-state index in [0.29, 0.717) is 17.5 Å². The van der Waals surface area contributed by atoms with Gasteiger partial charge in [-0.1, -0.05) is 0 Å². The average molecular weight is 340 g/mol. The Morgan fingerprint density at radius 1 is 1.21 bits per heavy atom. The van der Waals surface area contributed by atoms with Crippen LogP contribution in [0.5, 0.6) is 0 Å². The first-order chi connectivity index (χ1) is 11.1. The molecule has 6 nitrogen and oxygen atoms in total. The molecule has 3 heterocycles. The highest BCUT2D eigenvalue weighted by molar-refractivity contribution is 5.94. The Labute approximate surface area is 135 Å². The third kappa shape index (κ3) is 2.40. The molecule has 0 saturated carbocycles. The number of pyridine rings is 1. The Hall–Kier alpha value is -2.58. The number of rotatable bonds is 1. The van der Waals surface area contributed by atoms with Crippen LogP contribution in [-0.4, -0.2) is 25.2 Å². The van der Waals surface area contributed by atoms with E-state index in [-0.39, 0.29) is 28.9 Å². The summed E-state index contributed by atoms with van der Waals surface area (Å²) in [6.45, 7) is 3.96. The van der Waals surface area contributed by atoms with Crippen LogP contribution in [0, 0.1) is 13.8 Å². The van der Waals surface area contributed by atoms with E-state index in [1.165, 1.54) is 9.47 Å². The van der Waals surface area contributed by atoms with Crippen molar-refractivity contribution < 1.29 is 18.0 Å². The van der Waals surface area contributed by atoms with Gasteiger partial charge in [0, 0.05) is 31.0 Å². The predicted molar refractivity (Wildman–Crippen MR) is 78.3 cm³/mol. The zero-order valence-electron chi connectivity index (χ0n) is 13.3. The summed E-state index contributed by atoms with van der Waals surface area (Å²) in [6, 6.07) is 0. The van der Waals surface area contributed by atoms with Gasteiger partial charge in [0.05, 0.1) is 18.3 Å². The summed E-state index contributed by atoms with van der Waals surface area (Å²) in [5.74, 6) is -0.550. The lowest BCUT2D eigenvalue weighted by Crippen LogP contribution is -2.26. The maximum Gasteiger partial charge on any atom is 0.504 e. The van der Waals surface area contributed by atoms with Gasteiger partial charge in [0.1, 0.15) is 0 Å². The Morgan fingerprint density at radius 3 is 2.46 bits per heavy atom. The fourth-order valence-electron chi connectivity index (χ4n) is 2.92. The zero-order chi connectivity index (χ0) is 17.8. The monoisotopic (exact) mass is 340 g/mol. The van der Waals surface area contributed by atoms with Gasteiger partial charge in [0.15, 0.2) is 0 Å². The van der Waals surface area contributed by atoms with E-state index in [9.17, 15) is 22.8 Å². The van der Waals surface area contributed by atoms with E-state index in [0.717, 1.165) is 17.3 Å². The van der Waals surface area contributed by atoms with Crippen molar-refractivity contribution >= 4 is 5.91 Å². The van der Waals surface area contributed by atoms with E-state index >= 15 is 0 Å². The van der Waals surface area contributed by atoms with Crippen LogP contribution in [0.3, 0.4) is 0 Å². The van der Waals surface area contributed by atoms with E-state index in [1.54, 1.807) is 14.0 Å². The lowest BCUT2D eigenvalue weighted by Gasteiger charge is -2.14. The van der Waals surface area contributed by atoms with E-state index < -0.39 is 12.2 Å².